The van der Waals surface area contributed by atoms with Crippen LogP contribution in [-0.4, -0.2) is 22.3 Å². The van der Waals surface area contributed by atoms with Crippen LogP contribution >= 0.6 is 0 Å². The van der Waals surface area contributed by atoms with E-state index in [1.54, 1.807) is 13.8 Å². The quantitative estimate of drug-likeness (QED) is 0.475. The first-order chi connectivity index (χ1) is 16.2. The second-order valence-electron chi connectivity index (χ2n) is 10.1. The number of rotatable bonds is 4. The molecule has 34 heavy (non-hydrogen) atoms. The van der Waals surface area contributed by atoms with Crippen LogP contribution in [0.1, 0.15) is 44.7 Å². The number of carboxylic acid groups (broad SMARTS) is 1. The molecule has 1 heterocycles. The molecule has 0 aromatic heterocycles. The molecule has 0 radical (unpaired) electrons. The summed E-state index contributed by atoms with van der Waals surface area (Å²) in [7, 11) is 0. The Labute approximate surface area is 199 Å². The minimum absolute atomic E-state index is 0.351. The fourth-order valence-corrected chi connectivity index (χ4v) is 5.92. The molecule has 4 aromatic rings. The van der Waals surface area contributed by atoms with Gasteiger partial charge in [-0.2, -0.15) is 0 Å². The number of carboxylic acids is 1. The molecule has 0 bridgehead atoms. The molecule has 1 saturated heterocycles. The lowest BCUT2D eigenvalue weighted by atomic mass is 9.66. The van der Waals surface area contributed by atoms with Crippen LogP contribution in [0, 0.1) is 5.92 Å². The molecule has 1 N–H and O–H groups in total. The van der Waals surface area contributed by atoms with E-state index in [1.165, 1.54) is 0 Å². The van der Waals surface area contributed by atoms with E-state index < -0.39 is 28.7 Å². The molecular formula is C30H29O4-. The van der Waals surface area contributed by atoms with Crippen LogP contribution in [0.25, 0.3) is 21.5 Å². The summed E-state index contributed by atoms with van der Waals surface area (Å²) in [5, 5.41) is 28.8. The summed E-state index contributed by atoms with van der Waals surface area (Å²) >= 11 is 0. The van der Waals surface area contributed by atoms with Crippen molar-refractivity contribution in [3.63, 3.8) is 0 Å². The highest BCUT2D eigenvalue weighted by Crippen LogP contribution is 2.53. The number of fused-ring (bicyclic) bond motifs is 2. The van der Waals surface area contributed by atoms with Crippen molar-refractivity contribution in [3.8, 4) is 0 Å². The summed E-state index contributed by atoms with van der Waals surface area (Å²) in [6.07, 6.45) is 0.710. The third-order valence-electron chi connectivity index (χ3n) is 7.65. The lowest BCUT2D eigenvalue weighted by Crippen LogP contribution is -2.62. The lowest BCUT2D eigenvalue weighted by molar-refractivity contribution is -0.330. The van der Waals surface area contributed by atoms with Crippen molar-refractivity contribution in [1.82, 2.24) is 0 Å². The van der Waals surface area contributed by atoms with Gasteiger partial charge in [0, 0.05) is 11.9 Å². The summed E-state index contributed by atoms with van der Waals surface area (Å²) in [6.45, 7) is 5.46. The molecule has 1 aliphatic heterocycles. The van der Waals surface area contributed by atoms with Gasteiger partial charge in [-0.15, -0.1) is 0 Å². The maximum atomic E-state index is 13.0. The van der Waals surface area contributed by atoms with Gasteiger partial charge in [0.2, 0.25) is 0 Å². The van der Waals surface area contributed by atoms with Crippen LogP contribution in [0.4, 0.5) is 0 Å². The Morgan fingerprint density at radius 3 is 1.79 bits per heavy atom. The summed E-state index contributed by atoms with van der Waals surface area (Å²) < 4.78 is 6.64. The predicted molar refractivity (Wildman–Crippen MR) is 132 cm³/mol. The zero-order valence-electron chi connectivity index (χ0n) is 19.7. The Bertz CT molecular complexity index is 1300. The second-order valence-corrected chi connectivity index (χ2v) is 10.1. The Balaban J connectivity index is 1.83. The number of ether oxygens (including phenoxy) is 1. The maximum absolute atomic E-state index is 13.0. The summed E-state index contributed by atoms with van der Waals surface area (Å²) in [4.78, 5) is 11.9. The maximum Gasteiger partial charge on any atom is 0.144 e. The Morgan fingerprint density at radius 1 is 0.853 bits per heavy atom. The molecule has 1 aliphatic rings. The molecule has 0 amide bonds. The molecule has 4 aromatic carbocycles. The molecule has 4 nitrogen and oxygen atoms in total. The number of benzene rings is 4. The first-order valence-electron chi connectivity index (χ1n) is 11.8. The van der Waals surface area contributed by atoms with Crippen LogP contribution < -0.4 is 5.11 Å². The van der Waals surface area contributed by atoms with Crippen LogP contribution in [0.5, 0.6) is 0 Å². The van der Waals surface area contributed by atoms with Crippen LogP contribution in [0.2, 0.25) is 0 Å². The van der Waals surface area contributed by atoms with E-state index in [9.17, 15) is 15.0 Å². The molecule has 4 heteroatoms. The number of hydrogen-bond acceptors (Lipinski definition) is 4. The third kappa shape index (κ3) is 3.32. The molecule has 0 spiro atoms. The van der Waals surface area contributed by atoms with E-state index in [1.807, 2.05) is 91.9 Å². The van der Waals surface area contributed by atoms with Crippen LogP contribution in [0.15, 0.2) is 84.9 Å². The average molecular weight is 454 g/mol. The summed E-state index contributed by atoms with van der Waals surface area (Å²) in [6, 6.07) is 27.9. The molecule has 0 unspecified atom stereocenters. The number of carbonyl (C=O) groups excluding carboxylic acids is 1. The second kappa shape index (κ2) is 7.93. The largest absolute Gasteiger partial charge is 0.550 e. The van der Waals surface area contributed by atoms with E-state index in [-0.39, 0.29) is 0 Å². The van der Waals surface area contributed by atoms with Gasteiger partial charge in [-0.25, -0.2) is 0 Å². The van der Waals surface area contributed by atoms with Gasteiger partial charge in [0.05, 0.1) is 5.60 Å². The van der Waals surface area contributed by atoms with Crippen LogP contribution in [0.3, 0.4) is 0 Å². The van der Waals surface area contributed by atoms with Gasteiger partial charge in [-0.3, -0.25) is 0 Å². The Morgan fingerprint density at radius 2 is 1.32 bits per heavy atom. The zero-order chi connectivity index (χ0) is 24.1. The van der Waals surface area contributed by atoms with Gasteiger partial charge < -0.3 is 19.7 Å². The van der Waals surface area contributed by atoms with Crippen molar-refractivity contribution < 1.29 is 19.7 Å². The van der Waals surface area contributed by atoms with Gasteiger partial charge in [-0.05, 0) is 66.3 Å². The molecule has 5 rings (SSSR count). The smallest absolute Gasteiger partial charge is 0.144 e. The lowest BCUT2D eigenvalue weighted by Gasteiger charge is -2.55. The van der Waals surface area contributed by atoms with Gasteiger partial charge >= 0.3 is 0 Å². The number of carbonyl (C=O) groups is 1. The zero-order valence-corrected chi connectivity index (χ0v) is 19.7. The molecule has 1 fully saturated rings. The molecule has 2 atom stereocenters. The number of aliphatic hydroxyl groups is 1. The fraction of sp³-hybridized carbons (Fsp3) is 0.300. The van der Waals surface area contributed by atoms with Gasteiger partial charge in [0.25, 0.3) is 0 Å². The van der Waals surface area contributed by atoms with E-state index in [4.69, 9.17) is 4.74 Å². The summed E-state index contributed by atoms with van der Waals surface area (Å²) in [5.74, 6) is -1.88. The van der Waals surface area contributed by atoms with Gasteiger partial charge in [0.15, 0.2) is 0 Å². The Kier molecular flexibility index (Phi) is 5.27. The Hall–Kier alpha value is -3.21. The van der Waals surface area contributed by atoms with Crippen molar-refractivity contribution in [1.29, 1.82) is 0 Å². The van der Waals surface area contributed by atoms with E-state index in [0.717, 1.165) is 32.7 Å². The highest BCUT2D eigenvalue weighted by molar-refractivity contribution is 5.91. The monoisotopic (exact) mass is 453 g/mol. The van der Waals surface area contributed by atoms with Crippen molar-refractivity contribution >= 4 is 27.5 Å². The number of aliphatic carboxylic acids is 1. The van der Waals surface area contributed by atoms with E-state index >= 15 is 0 Å². The normalized spacial score (nSPS) is 22.6. The SMILES string of the molecule is CC1(C)O[C@](C)(C(O)(c2cccc3ccccc23)c2cccc3ccccc23)CC[C@@H]1C(=O)[O-]. The molecule has 0 saturated carbocycles. The molecule has 174 valence electrons. The highest BCUT2D eigenvalue weighted by atomic mass is 16.5. The standard InChI is InChI=1S/C30H30O4/c1-28(2)26(27(31)32)18-19-29(3,34-28)30(33,24-16-8-12-20-10-4-6-14-22(20)24)25-17-9-13-21-11-5-7-15-23(21)25/h4-17,26,33H,18-19H2,1-3H3,(H,31,32)/p-1/t26-,29+/m1/s1. The number of hydrogen-bond donors (Lipinski definition) is 1. The minimum atomic E-state index is -1.55. The summed E-state index contributed by atoms with van der Waals surface area (Å²) in [5.41, 5.74) is -2.19. The average Bonchev–Trinajstić information content (AvgIpc) is 2.82. The van der Waals surface area contributed by atoms with Crippen molar-refractivity contribution in [2.45, 2.75) is 50.4 Å². The first kappa shape index (κ1) is 22.6. The third-order valence-corrected chi connectivity index (χ3v) is 7.65. The van der Waals surface area contributed by atoms with Crippen molar-refractivity contribution in [3.05, 3.63) is 96.1 Å². The fourth-order valence-electron chi connectivity index (χ4n) is 5.92. The van der Waals surface area contributed by atoms with E-state index in [2.05, 4.69) is 0 Å². The van der Waals surface area contributed by atoms with Crippen molar-refractivity contribution in [2.24, 2.45) is 5.92 Å². The molecule has 0 aliphatic carbocycles. The predicted octanol–water partition coefficient (Wildman–Crippen LogP) is 4.94. The van der Waals surface area contributed by atoms with Gasteiger partial charge in [0.1, 0.15) is 11.2 Å². The van der Waals surface area contributed by atoms with Crippen LogP contribution in [-0.2, 0) is 15.1 Å². The topological polar surface area (TPSA) is 69.6 Å². The van der Waals surface area contributed by atoms with E-state index in [0.29, 0.717) is 12.8 Å². The highest BCUT2D eigenvalue weighted by Gasteiger charge is 2.57. The molecular weight excluding hydrogens is 424 g/mol. The van der Waals surface area contributed by atoms with Crippen molar-refractivity contribution in [2.75, 3.05) is 0 Å². The minimum Gasteiger partial charge on any atom is -0.550 e. The first-order valence-corrected chi connectivity index (χ1v) is 11.8. The van der Waals surface area contributed by atoms with Gasteiger partial charge in [-0.1, -0.05) is 84.9 Å².